The highest BCUT2D eigenvalue weighted by molar-refractivity contribution is 7.92. The van der Waals surface area contributed by atoms with Gasteiger partial charge >= 0.3 is 0 Å². The summed E-state index contributed by atoms with van der Waals surface area (Å²) < 4.78 is 29.3. The van der Waals surface area contributed by atoms with Crippen molar-refractivity contribution in [2.75, 3.05) is 9.62 Å². The van der Waals surface area contributed by atoms with Crippen molar-refractivity contribution in [3.8, 4) is 10.6 Å². The zero-order chi connectivity index (χ0) is 23.2. The smallest absolute Gasteiger partial charge is 0.261 e. The van der Waals surface area contributed by atoms with E-state index in [2.05, 4.69) is 15.8 Å². The zero-order valence-corrected chi connectivity index (χ0v) is 19.2. The third kappa shape index (κ3) is 4.12. The molecule has 33 heavy (non-hydrogen) atoms. The van der Waals surface area contributed by atoms with E-state index < -0.39 is 10.0 Å². The highest BCUT2D eigenvalue weighted by Crippen LogP contribution is 2.32. The van der Waals surface area contributed by atoms with E-state index in [0.717, 1.165) is 25.7 Å². The Morgan fingerprint density at radius 2 is 1.58 bits per heavy atom. The van der Waals surface area contributed by atoms with Crippen molar-refractivity contribution < 1.29 is 18.0 Å². The van der Waals surface area contributed by atoms with E-state index in [1.165, 1.54) is 29.8 Å². The average Bonchev–Trinajstić information content (AvgIpc) is 3.36. The maximum Gasteiger partial charge on any atom is 0.261 e. The summed E-state index contributed by atoms with van der Waals surface area (Å²) in [6.45, 7) is 2.04. The Kier molecular flexibility index (Phi) is 5.22. The van der Waals surface area contributed by atoms with Gasteiger partial charge in [0.2, 0.25) is 11.8 Å². The van der Waals surface area contributed by atoms with Gasteiger partial charge in [-0.3, -0.25) is 19.2 Å². The number of thiazole rings is 1. The molecule has 1 saturated heterocycles. The molecule has 1 aliphatic rings. The second-order valence-corrected chi connectivity index (χ2v) is 10.5. The lowest BCUT2D eigenvalue weighted by atomic mass is 10.2. The number of rotatable bonds is 5. The van der Waals surface area contributed by atoms with Crippen LogP contribution in [0.3, 0.4) is 0 Å². The Balaban J connectivity index is 1.34. The first kappa shape index (κ1) is 21.3. The molecule has 4 aromatic rings. The van der Waals surface area contributed by atoms with Gasteiger partial charge in [-0.25, -0.2) is 13.4 Å². The normalized spacial score (nSPS) is 14.3. The van der Waals surface area contributed by atoms with Crippen molar-refractivity contribution in [3.63, 3.8) is 0 Å². The number of nitrogens with one attached hydrogen (secondary N) is 1. The minimum absolute atomic E-state index is 0.0379. The fraction of sp³-hybridized carbons (Fsp3) is 0.125. The summed E-state index contributed by atoms with van der Waals surface area (Å²) in [4.78, 5) is 29.5. The number of sulfonamides is 1. The Morgan fingerprint density at radius 1 is 0.909 bits per heavy atom. The molecule has 1 N–H and O–H groups in total. The number of aryl methyl sites for hydroxylation is 1. The van der Waals surface area contributed by atoms with E-state index in [9.17, 15) is 18.0 Å². The van der Waals surface area contributed by atoms with Crippen LogP contribution in [0.2, 0.25) is 0 Å². The van der Waals surface area contributed by atoms with E-state index in [4.69, 9.17) is 0 Å². The van der Waals surface area contributed by atoms with Gasteiger partial charge in [-0.05, 0) is 73.2 Å². The largest absolute Gasteiger partial charge is 0.280 e. The molecule has 0 aliphatic carbocycles. The van der Waals surface area contributed by atoms with Crippen molar-refractivity contribution in [3.05, 3.63) is 72.3 Å². The summed E-state index contributed by atoms with van der Waals surface area (Å²) in [6.07, 6.45) is 0.347. The van der Waals surface area contributed by atoms with E-state index in [1.54, 1.807) is 23.5 Å². The predicted octanol–water partition coefficient (Wildman–Crippen LogP) is 4.73. The van der Waals surface area contributed by atoms with Gasteiger partial charge in [0.15, 0.2) is 0 Å². The Hall–Kier alpha value is -3.56. The number of carbonyl (C=O) groups excluding carboxylic acids is 2. The summed E-state index contributed by atoms with van der Waals surface area (Å²) >= 11 is 1.59. The van der Waals surface area contributed by atoms with Gasteiger partial charge in [0.25, 0.3) is 10.0 Å². The molecule has 9 heteroatoms. The van der Waals surface area contributed by atoms with Crippen LogP contribution in [0.25, 0.3) is 20.8 Å². The number of hydrogen-bond acceptors (Lipinski definition) is 6. The number of benzene rings is 3. The summed E-state index contributed by atoms with van der Waals surface area (Å²) in [5.74, 6) is -0.561. The Morgan fingerprint density at radius 3 is 2.24 bits per heavy atom. The molecule has 1 aromatic heterocycles. The standard InChI is InChI=1S/C24H19N3O4S2/c1-15-2-11-20-21(14-15)32-24(25-20)16-3-5-17(6-4-16)26-33(30,31)19-9-7-18(8-10-19)27-22(28)12-13-23(27)29/h2-11,14,26H,12-13H2,1H3. The van der Waals surface area contributed by atoms with Crippen LogP contribution in [0.15, 0.2) is 71.6 Å². The summed E-state index contributed by atoms with van der Waals surface area (Å²) in [5, 5.41) is 0.867. The lowest BCUT2D eigenvalue weighted by molar-refractivity contribution is -0.121. The van der Waals surface area contributed by atoms with Gasteiger partial charge in [0.05, 0.1) is 20.8 Å². The quantitative estimate of drug-likeness (QED) is 0.419. The molecule has 0 bridgehead atoms. The van der Waals surface area contributed by atoms with Crippen LogP contribution >= 0.6 is 11.3 Å². The lowest BCUT2D eigenvalue weighted by Gasteiger charge is -2.14. The van der Waals surface area contributed by atoms with Crippen LogP contribution in [0, 0.1) is 6.92 Å². The fourth-order valence-electron chi connectivity index (χ4n) is 3.69. The van der Waals surface area contributed by atoms with E-state index >= 15 is 0 Å². The van der Waals surface area contributed by atoms with Gasteiger partial charge in [-0.15, -0.1) is 11.3 Å². The number of anilines is 2. The topological polar surface area (TPSA) is 96.4 Å². The van der Waals surface area contributed by atoms with Crippen molar-refractivity contribution in [2.24, 2.45) is 0 Å². The van der Waals surface area contributed by atoms with Crippen molar-refractivity contribution >= 4 is 54.8 Å². The van der Waals surface area contributed by atoms with Gasteiger partial charge in [0.1, 0.15) is 5.01 Å². The van der Waals surface area contributed by atoms with Gasteiger partial charge in [0, 0.05) is 24.1 Å². The van der Waals surface area contributed by atoms with Crippen LogP contribution in [0.1, 0.15) is 18.4 Å². The highest BCUT2D eigenvalue weighted by Gasteiger charge is 2.30. The third-order valence-corrected chi connectivity index (χ3v) is 7.85. The molecular weight excluding hydrogens is 458 g/mol. The van der Waals surface area contributed by atoms with Gasteiger partial charge < -0.3 is 0 Å². The minimum Gasteiger partial charge on any atom is -0.280 e. The molecule has 7 nitrogen and oxygen atoms in total. The van der Waals surface area contributed by atoms with Crippen LogP contribution in [-0.4, -0.2) is 25.2 Å². The third-order valence-electron chi connectivity index (χ3n) is 5.38. The highest BCUT2D eigenvalue weighted by atomic mass is 32.2. The molecule has 2 amide bonds. The first-order chi connectivity index (χ1) is 15.8. The molecule has 0 atom stereocenters. The summed E-state index contributed by atoms with van der Waals surface area (Å²) in [7, 11) is -3.83. The first-order valence-electron chi connectivity index (χ1n) is 10.3. The second-order valence-electron chi connectivity index (χ2n) is 7.79. The monoisotopic (exact) mass is 477 g/mol. The minimum atomic E-state index is -3.83. The number of fused-ring (bicyclic) bond motifs is 1. The number of nitrogens with zero attached hydrogens (tertiary/aromatic N) is 2. The first-order valence-corrected chi connectivity index (χ1v) is 12.6. The number of aromatic nitrogens is 1. The van der Waals surface area contributed by atoms with Gasteiger partial charge in [-0.1, -0.05) is 6.07 Å². The van der Waals surface area contributed by atoms with Crippen LogP contribution in [0.5, 0.6) is 0 Å². The Labute approximate surface area is 194 Å². The molecule has 5 rings (SSSR count). The van der Waals surface area contributed by atoms with Crippen molar-refractivity contribution in [1.82, 2.24) is 4.98 Å². The maximum atomic E-state index is 12.8. The molecule has 1 aliphatic heterocycles. The SMILES string of the molecule is Cc1ccc2nc(-c3ccc(NS(=O)(=O)c4ccc(N5C(=O)CCC5=O)cc4)cc3)sc2c1. The molecule has 0 saturated carbocycles. The predicted molar refractivity (Wildman–Crippen MR) is 129 cm³/mol. The zero-order valence-electron chi connectivity index (χ0n) is 17.6. The summed E-state index contributed by atoms with van der Waals surface area (Å²) in [6, 6.07) is 18.9. The number of amides is 2. The Bertz CT molecular complexity index is 1480. The molecular formula is C24H19N3O4S2. The second kappa shape index (κ2) is 8.09. The number of carbonyl (C=O) groups is 2. The number of hydrogen-bond donors (Lipinski definition) is 1. The molecule has 1 fully saturated rings. The van der Waals surface area contributed by atoms with E-state index in [0.29, 0.717) is 11.4 Å². The fourth-order valence-corrected chi connectivity index (χ4v) is 5.82. The van der Waals surface area contributed by atoms with Crippen molar-refractivity contribution in [1.29, 1.82) is 0 Å². The summed E-state index contributed by atoms with van der Waals surface area (Å²) in [5.41, 5.74) is 3.81. The molecule has 2 heterocycles. The van der Waals surface area contributed by atoms with E-state index in [1.807, 2.05) is 31.2 Å². The number of imide groups is 1. The molecule has 166 valence electrons. The van der Waals surface area contributed by atoms with Gasteiger partial charge in [-0.2, -0.15) is 0 Å². The van der Waals surface area contributed by atoms with Crippen LogP contribution in [0.4, 0.5) is 11.4 Å². The molecule has 0 spiro atoms. The molecule has 0 radical (unpaired) electrons. The van der Waals surface area contributed by atoms with Crippen LogP contribution < -0.4 is 9.62 Å². The van der Waals surface area contributed by atoms with Crippen LogP contribution in [-0.2, 0) is 19.6 Å². The molecule has 0 unspecified atom stereocenters. The molecule has 3 aromatic carbocycles. The van der Waals surface area contributed by atoms with Crippen molar-refractivity contribution in [2.45, 2.75) is 24.7 Å². The van der Waals surface area contributed by atoms with E-state index in [-0.39, 0.29) is 29.6 Å². The maximum absolute atomic E-state index is 12.8. The lowest BCUT2D eigenvalue weighted by Crippen LogP contribution is -2.28. The average molecular weight is 478 g/mol.